The zero-order valence-corrected chi connectivity index (χ0v) is 14.4. The van der Waals surface area contributed by atoms with Crippen molar-refractivity contribution in [1.29, 1.82) is 5.41 Å². The van der Waals surface area contributed by atoms with Gasteiger partial charge in [-0.25, -0.2) is 9.38 Å². The summed E-state index contributed by atoms with van der Waals surface area (Å²) in [5.74, 6) is -0.142. The average Bonchev–Trinajstić information content (AvgIpc) is 2.61. The minimum atomic E-state index is -0.591. The van der Waals surface area contributed by atoms with Crippen molar-refractivity contribution in [2.24, 2.45) is 4.99 Å². The van der Waals surface area contributed by atoms with Gasteiger partial charge in [0.1, 0.15) is 16.5 Å². The van der Waals surface area contributed by atoms with Crippen molar-refractivity contribution in [2.45, 2.75) is 0 Å². The Morgan fingerprint density at radius 2 is 1.83 bits per heavy atom. The molecule has 2 aromatic rings. The summed E-state index contributed by atoms with van der Waals surface area (Å²) in [6.07, 6.45) is 1.73. The van der Waals surface area contributed by atoms with E-state index in [0.29, 0.717) is 17.1 Å². The highest BCUT2D eigenvalue weighted by Crippen LogP contribution is 2.29. The number of nitrogens with two attached hydrogens (primary N) is 1. The molecule has 0 fully saturated rings. The van der Waals surface area contributed by atoms with Crippen LogP contribution in [-0.2, 0) is 0 Å². The molecule has 0 aromatic heterocycles. The third kappa shape index (κ3) is 3.86. The molecule has 0 spiro atoms. The molecule has 0 amide bonds. The van der Waals surface area contributed by atoms with Crippen molar-refractivity contribution in [3.8, 4) is 11.5 Å². The van der Waals surface area contributed by atoms with Crippen LogP contribution in [-0.4, -0.2) is 31.2 Å². The van der Waals surface area contributed by atoms with Crippen molar-refractivity contribution in [3.63, 3.8) is 0 Å². The van der Waals surface area contributed by atoms with Crippen molar-refractivity contribution in [1.82, 2.24) is 0 Å². The van der Waals surface area contributed by atoms with Gasteiger partial charge in [0.2, 0.25) is 0 Å². The summed E-state index contributed by atoms with van der Waals surface area (Å²) >= 11 is 1.17. The van der Waals surface area contributed by atoms with Crippen molar-refractivity contribution < 1.29 is 13.9 Å². The minimum absolute atomic E-state index is 0.0308. The molecular weight excluding hydrogens is 329 g/mol. The van der Waals surface area contributed by atoms with Crippen LogP contribution in [0.3, 0.4) is 0 Å². The summed E-state index contributed by atoms with van der Waals surface area (Å²) in [5, 5.41) is 8.26. The van der Waals surface area contributed by atoms with Crippen molar-refractivity contribution in [2.75, 3.05) is 26.2 Å². The van der Waals surface area contributed by atoms with E-state index in [0.717, 1.165) is 0 Å². The fourth-order valence-electron chi connectivity index (χ4n) is 2.02. The molecule has 0 radical (unpaired) electrons. The van der Waals surface area contributed by atoms with Crippen LogP contribution in [0.15, 0.2) is 41.4 Å². The first-order valence-electron chi connectivity index (χ1n) is 6.99. The number of hydrogen-bond acceptors (Lipinski definition) is 6. The van der Waals surface area contributed by atoms with E-state index in [4.69, 9.17) is 20.6 Å². The van der Waals surface area contributed by atoms with Gasteiger partial charge in [0.05, 0.1) is 19.9 Å². The predicted molar refractivity (Wildman–Crippen MR) is 97.8 cm³/mol. The van der Waals surface area contributed by atoms with E-state index in [1.165, 1.54) is 38.1 Å². The van der Waals surface area contributed by atoms with Crippen molar-refractivity contribution >= 4 is 33.9 Å². The Bertz CT molecular complexity index is 776. The first-order chi connectivity index (χ1) is 11.5. The van der Waals surface area contributed by atoms with Gasteiger partial charge in [0.15, 0.2) is 11.6 Å². The summed E-state index contributed by atoms with van der Waals surface area (Å²) in [4.78, 5) is 4.42. The number of nitrogens with zero attached hydrogens (tertiary/aromatic N) is 1. The Morgan fingerprint density at radius 1 is 1.17 bits per heavy atom. The van der Waals surface area contributed by atoms with Crippen LogP contribution >= 0.6 is 11.8 Å². The molecule has 0 unspecified atom stereocenters. The van der Waals surface area contributed by atoms with E-state index in [9.17, 15) is 4.39 Å². The van der Waals surface area contributed by atoms with Gasteiger partial charge in [-0.15, -0.1) is 11.8 Å². The monoisotopic (exact) mass is 347 g/mol. The second kappa shape index (κ2) is 7.83. The predicted octanol–water partition coefficient (Wildman–Crippen LogP) is 3.89. The fraction of sp³-hybridized carbons (Fsp3) is 0.176. The van der Waals surface area contributed by atoms with Crippen LogP contribution in [0.1, 0.15) is 5.56 Å². The van der Waals surface area contributed by atoms with E-state index in [1.54, 1.807) is 30.5 Å². The van der Waals surface area contributed by atoms with Gasteiger partial charge in [0, 0.05) is 17.3 Å². The van der Waals surface area contributed by atoms with Gasteiger partial charge in [-0.2, -0.15) is 0 Å². The second-order valence-electron chi connectivity index (χ2n) is 4.78. The molecule has 0 saturated carbocycles. The summed E-state index contributed by atoms with van der Waals surface area (Å²) in [6, 6.07) is 9.75. The van der Waals surface area contributed by atoms with Gasteiger partial charge in [-0.3, -0.25) is 5.41 Å². The highest BCUT2D eigenvalue weighted by Gasteiger charge is 2.20. The van der Waals surface area contributed by atoms with Crippen LogP contribution < -0.4 is 15.2 Å². The molecule has 3 N–H and O–H groups in total. The van der Waals surface area contributed by atoms with Gasteiger partial charge in [-0.05, 0) is 36.6 Å². The third-order valence-electron chi connectivity index (χ3n) is 3.28. The Labute approximate surface area is 144 Å². The molecule has 5 nitrogen and oxygen atoms in total. The Hall–Kier alpha value is -2.54. The van der Waals surface area contributed by atoms with Gasteiger partial charge >= 0.3 is 0 Å². The lowest BCUT2D eigenvalue weighted by Gasteiger charge is -2.13. The zero-order chi connectivity index (χ0) is 17.7. The van der Waals surface area contributed by atoms with Crippen LogP contribution in [0, 0.1) is 11.2 Å². The zero-order valence-electron chi connectivity index (χ0n) is 13.6. The summed E-state index contributed by atoms with van der Waals surface area (Å²) in [6.45, 7) is 0. The standard InChI is InChI=1S/C17H18FN3O2S/c1-22-12-8-13(15(18)14(9-12)23-2)16(17(20)24-3)21-11-6-4-10(19)5-7-11/h4-9,20H,19H2,1-3H3. The Balaban J connectivity index is 2.64. The molecule has 24 heavy (non-hydrogen) atoms. The minimum Gasteiger partial charge on any atom is -0.497 e. The van der Waals surface area contributed by atoms with Crippen molar-refractivity contribution in [3.05, 3.63) is 47.8 Å². The number of hydrogen-bond donors (Lipinski definition) is 2. The smallest absolute Gasteiger partial charge is 0.174 e. The van der Waals surface area contributed by atoms with Gasteiger partial charge in [-0.1, -0.05) is 0 Å². The number of methoxy groups -OCH3 is 2. The van der Waals surface area contributed by atoms with E-state index in [-0.39, 0.29) is 22.1 Å². The van der Waals surface area contributed by atoms with Crippen LogP contribution in [0.5, 0.6) is 11.5 Å². The molecule has 0 saturated heterocycles. The van der Waals surface area contributed by atoms with E-state index in [1.807, 2.05) is 0 Å². The molecule has 0 aliphatic carbocycles. The number of anilines is 1. The quantitative estimate of drug-likeness (QED) is 0.488. The second-order valence-corrected chi connectivity index (χ2v) is 5.59. The lowest BCUT2D eigenvalue weighted by atomic mass is 10.1. The van der Waals surface area contributed by atoms with Gasteiger partial charge in [0.25, 0.3) is 0 Å². The number of rotatable bonds is 5. The van der Waals surface area contributed by atoms with E-state index in [2.05, 4.69) is 4.99 Å². The number of ether oxygens (including phenoxy) is 2. The molecule has 0 bridgehead atoms. The molecule has 2 rings (SSSR count). The molecule has 126 valence electrons. The SMILES string of the molecule is COc1cc(OC)c(F)c(C(=Nc2ccc(N)cc2)C(=N)SC)c1. The first-order valence-corrected chi connectivity index (χ1v) is 8.21. The fourth-order valence-corrected chi connectivity index (χ4v) is 2.37. The first kappa shape index (κ1) is 17.8. The number of halogens is 1. The lowest BCUT2D eigenvalue weighted by Crippen LogP contribution is -2.14. The number of thioether (sulfide) groups is 1. The summed E-state index contributed by atoms with van der Waals surface area (Å²) in [7, 11) is 2.85. The number of aliphatic imine (C=N–C) groups is 1. The number of nitrogens with one attached hydrogen (secondary N) is 1. The topological polar surface area (TPSA) is 80.7 Å². The average molecular weight is 347 g/mol. The molecule has 7 heteroatoms. The molecular formula is C17H18FN3O2S. The van der Waals surface area contributed by atoms with Crippen LogP contribution in [0.25, 0.3) is 0 Å². The lowest BCUT2D eigenvalue weighted by molar-refractivity contribution is 0.373. The molecule has 0 atom stereocenters. The Kier molecular flexibility index (Phi) is 5.81. The normalized spacial score (nSPS) is 11.2. The highest BCUT2D eigenvalue weighted by molar-refractivity contribution is 8.15. The third-order valence-corrected chi connectivity index (χ3v) is 3.88. The van der Waals surface area contributed by atoms with Crippen LogP contribution in [0.2, 0.25) is 0 Å². The summed E-state index contributed by atoms with van der Waals surface area (Å²) < 4.78 is 25.0. The maximum atomic E-state index is 14.7. The number of nitrogen functional groups attached to an aromatic ring is 1. The summed E-state index contributed by atoms with van der Waals surface area (Å²) in [5.41, 5.74) is 7.17. The van der Waals surface area contributed by atoms with E-state index < -0.39 is 5.82 Å². The van der Waals surface area contributed by atoms with E-state index >= 15 is 0 Å². The largest absolute Gasteiger partial charge is 0.497 e. The van der Waals surface area contributed by atoms with Gasteiger partial charge < -0.3 is 15.2 Å². The van der Waals surface area contributed by atoms with Crippen LogP contribution in [0.4, 0.5) is 15.8 Å². The molecule has 0 aliphatic heterocycles. The Morgan fingerprint density at radius 3 is 2.38 bits per heavy atom. The maximum absolute atomic E-state index is 14.7. The molecule has 2 aromatic carbocycles. The highest BCUT2D eigenvalue weighted by atomic mass is 32.2. The molecule has 0 aliphatic rings. The number of benzene rings is 2. The maximum Gasteiger partial charge on any atom is 0.174 e. The molecule has 0 heterocycles.